The van der Waals surface area contributed by atoms with Gasteiger partial charge < -0.3 is 25.7 Å². The molecule has 4 aromatic rings. The van der Waals surface area contributed by atoms with Gasteiger partial charge in [-0.2, -0.15) is 0 Å². The van der Waals surface area contributed by atoms with Crippen molar-refractivity contribution in [1.29, 1.82) is 0 Å². The van der Waals surface area contributed by atoms with Gasteiger partial charge in [0.25, 0.3) is 5.91 Å². The highest BCUT2D eigenvalue weighted by atomic mass is 32.1. The number of aromatic nitrogens is 2. The molecule has 0 radical (unpaired) electrons. The fraction of sp³-hybridized carbons (Fsp3) is 0.393. The lowest BCUT2D eigenvalue weighted by atomic mass is 10.1. The SMILES string of the molecule is Cc1cc2cc(Nc3ccnc4c(C[C@@H](C)O)c(C(=O)N5CC[C@@H](O)C5)sc34)ccc2n1C(=O)NC1CC1. The Morgan fingerprint density at radius 1 is 1.21 bits per heavy atom. The zero-order valence-electron chi connectivity index (χ0n) is 21.4. The number of benzene rings is 1. The Kier molecular flexibility index (Phi) is 6.33. The molecule has 2 aliphatic rings. The second kappa shape index (κ2) is 9.68. The molecule has 4 heterocycles. The lowest BCUT2D eigenvalue weighted by Crippen LogP contribution is -2.30. The number of nitrogens with one attached hydrogen (secondary N) is 2. The molecule has 0 bridgehead atoms. The predicted molar refractivity (Wildman–Crippen MR) is 148 cm³/mol. The van der Waals surface area contributed by atoms with E-state index in [-0.39, 0.29) is 18.0 Å². The van der Waals surface area contributed by atoms with Crippen molar-refractivity contribution in [3.63, 3.8) is 0 Å². The summed E-state index contributed by atoms with van der Waals surface area (Å²) in [5.41, 5.74) is 4.82. The van der Waals surface area contributed by atoms with Crippen LogP contribution >= 0.6 is 11.3 Å². The second-order valence-corrected chi connectivity index (χ2v) is 11.5. The number of thiophene rings is 1. The van der Waals surface area contributed by atoms with Crippen LogP contribution in [0.2, 0.25) is 0 Å². The molecule has 6 rings (SSSR count). The standard InChI is InChI=1S/C28H31N5O4S/c1-15-11-17-13-19(5-6-23(17)33(15)28(37)31-18-3-4-18)30-22-7-9-29-24-21(12-16(2)34)25(38-26(22)24)27(36)32-10-8-20(35)14-32/h5-7,9,11,13,16,18,20,34-35H,3-4,8,10,12,14H2,1-2H3,(H,29,30)(H,31,37)/t16-,20-/m1/s1. The van der Waals surface area contributed by atoms with Gasteiger partial charge in [-0.1, -0.05) is 0 Å². The van der Waals surface area contributed by atoms with Crippen LogP contribution < -0.4 is 10.6 Å². The highest BCUT2D eigenvalue weighted by molar-refractivity contribution is 7.21. The van der Waals surface area contributed by atoms with E-state index in [0.29, 0.717) is 36.3 Å². The molecular formula is C28H31N5O4S. The number of anilines is 2. The molecule has 198 valence electrons. The largest absolute Gasteiger partial charge is 0.393 e. The first kappa shape index (κ1) is 24.8. The summed E-state index contributed by atoms with van der Waals surface area (Å²) in [6, 6.07) is 9.96. The van der Waals surface area contributed by atoms with Gasteiger partial charge in [0, 0.05) is 54.1 Å². The van der Waals surface area contributed by atoms with Crippen LogP contribution in [0.5, 0.6) is 0 Å². The number of pyridine rings is 1. The van der Waals surface area contributed by atoms with Crippen molar-refractivity contribution in [1.82, 2.24) is 19.8 Å². The fourth-order valence-electron chi connectivity index (χ4n) is 5.19. The van der Waals surface area contributed by atoms with Gasteiger partial charge >= 0.3 is 6.03 Å². The second-order valence-electron chi connectivity index (χ2n) is 10.4. The Morgan fingerprint density at radius 3 is 2.74 bits per heavy atom. The summed E-state index contributed by atoms with van der Waals surface area (Å²) in [5.74, 6) is -0.131. The monoisotopic (exact) mass is 533 g/mol. The average Bonchev–Trinajstić information content (AvgIpc) is 3.30. The van der Waals surface area contributed by atoms with E-state index in [1.54, 1.807) is 22.6 Å². The average molecular weight is 534 g/mol. The molecule has 4 N–H and O–H groups in total. The summed E-state index contributed by atoms with van der Waals surface area (Å²) < 4.78 is 2.56. The number of nitrogens with zero attached hydrogens (tertiary/aromatic N) is 3. The maximum Gasteiger partial charge on any atom is 0.326 e. The molecule has 1 aliphatic carbocycles. The molecule has 1 aliphatic heterocycles. The Morgan fingerprint density at radius 2 is 2.03 bits per heavy atom. The smallest absolute Gasteiger partial charge is 0.326 e. The Labute approximate surface area is 224 Å². The minimum Gasteiger partial charge on any atom is -0.393 e. The van der Waals surface area contributed by atoms with Crippen molar-refractivity contribution in [3.05, 3.63) is 52.7 Å². The van der Waals surface area contributed by atoms with Crippen LogP contribution in [-0.2, 0) is 6.42 Å². The highest BCUT2D eigenvalue weighted by Gasteiger charge is 2.30. The van der Waals surface area contributed by atoms with E-state index in [1.165, 1.54) is 11.3 Å². The van der Waals surface area contributed by atoms with Crippen molar-refractivity contribution < 1.29 is 19.8 Å². The zero-order chi connectivity index (χ0) is 26.6. The van der Waals surface area contributed by atoms with E-state index in [0.717, 1.165) is 51.1 Å². The molecule has 0 spiro atoms. The first-order chi connectivity index (χ1) is 18.3. The minimum absolute atomic E-state index is 0.0940. The van der Waals surface area contributed by atoms with Gasteiger partial charge in [0.1, 0.15) is 0 Å². The molecule has 1 saturated heterocycles. The van der Waals surface area contributed by atoms with Crippen LogP contribution in [0.15, 0.2) is 36.5 Å². The predicted octanol–water partition coefficient (Wildman–Crippen LogP) is 4.15. The van der Waals surface area contributed by atoms with E-state index >= 15 is 0 Å². The third-order valence-corrected chi connectivity index (χ3v) is 8.43. The van der Waals surface area contributed by atoms with Gasteiger partial charge in [0.05, 0.1) is 38.5 Å². The number of rotatable bonds is 6. The zero-order valence-corrected chi connectivity index (χ0v) is 22.2. The molecule has 9 nitrogen and oxygen atoms in total. The molecular weight excluding hydrogens is 502 g/mol. The van der Waals surface area contributed by atoms with E-state index in [1.807, 2.05) is 37.3 Å². The number of hydrogen-bond acceptors (Lipinski definition) is 7. The quantitative estimate of drug-likeness (QED) is 0.296. The number of hydrogen-bond donors (Lipinski definition) is 4. The van der Waals surface area contributed by atoms with Crippen molar-refractivity contribution >= 4 is 55.8 Å². The lowest BCUT2D eigenvalue weighted by molar-refractivity contribution is 0.0768. The molecule has 2 amide bonds. The summed E-state index contributed by atoms with van der Waals surface area (Å²) in [6.07, 6.45) is 3.53. The Balaban J connectivity index is 1.35. The number of carbonyl (C=O) groups excluding carboxylic acids is 2. The number of aryl methyl sites for hydroxylation is 1. The van der Waals surface area contributed by atoms with Crippen LogP contribution in [-0.4, -0.2) is 67.9 Å². The number of β-amino-alcohol motifs (C(OH)–C–C–N with tert-alkyl or cyclic N) is 1. The summed E-state index contributed by atoms with van der Waals surface area (Å²) in [6.45, 7) is 4.46. The van der Waals surface area contributed by atoms with E-state index < -0.39 is 12.2 Å². The molecule has 2 fully saturated rings. The number of fused-ring (bicyclic) bond motifs is 2. The first-order valence-corrected chi connectivity index (χ1v) is 13.9. The number of aliphatic hydroxyl groups excluding tert-OH is 2. The topological polar surface area (TPSA) is 120 Å². The molecule has 2 atom stereocenters. The third kappa shape index (κ3) is 4.63. The number of likely N-dealkylation sites (tertiary alicyclic amines) is 1. The van der Waals surface area contributed by atoms with Crippen LogP contribution in [0.25, 0.3) is 21.1 Å². The Hall–Kier alpha value is -3.47. The molecule has 3 aromatic heterocycles. The van der Waals surface area contributed by atoms with Crippen molar-refractivity contribution in [2.24, 2.45) is 0 Å². The summed E-state index contributed by atoms with van der Waals surface area (Å²) in [7, 11) is 0. The van der Waals surface area contributed by atoms with Crippen molar-refractivity contribution in [2.75, 3.05) is 18.4 Å². The van der Waals surface area contributed by atoms with Crippen molar-refractivity contribution in [3.8, 4) is 0 Å². The summed E-state index contributed by atoms with van der Waals surface area (Å²) in [4.78, 5) is 33.0. The van der Waals surface area contributed by atoms with Gasteiger partial charge in [0.2, 0.25) is 0 Å². The summed E-state index contributed by atoms with van der Waals surface area (Å²) >= 11 is 1.37. The van der Waals surface area contributed by atoms with Crippen LogP contribution in [0.1, 0.15) is 47.1 Å². The van der Waals surface area contributed by atoms with E-state index in [2.05, 4.69) is 15.6 Å². The van der Waals surface area contributed by atoms with E-state index in [9.17, 15) is 19.8 Å². The maximum absolute atomic E-state index is 13.4. The summed E-state index contributed by atoms with van der Waals surface area (Å²) in [5, 5.41) is 27.6. The fourth-order valence-corrected chi connectivity index (χ4v) is 6.41. The van der Waals surface area contributed by atoms with Crippen LogP contribution in [0.3, 0.4) is 0 Å². The minimum atomic E-state index is -0.631. The third-order valence-electron chi connectivity index (χ3n) is 7.19. The maximum atomic E-state index is 13.4. The lowest BCUT2D eigenvalue weighted by Gasteiger charge is -2.15. The van der Waals surface area contributed by atoms with E-state index in [4.69, 9.17) is 0 Å². The number of aliphatic hydroxyl groups is 2. The molecule has 1 aromatic carbocycles. The van der Waals surface area contributed by atoms with Gasteiger partial charge in [-0.25, -0.2) is 4.79 Å². The van der Waals surface area contributed by atoms with Crippen LogP contribution in [0, 0.1) is 6.92 Å². The van der Waals surface area contributed by atoms with Gasteiger partial charge in [0.15, 0.2) is 0 Å². The normalized spacial score (nSPS) is 18.3. The van der Waals surface area contributed by atoms with Gasteiger partial charge in [-0.05, 0) is 63.4 Å². The van der Waals surface area contributed by atoms with Crippen molar-refractivity contribution in [2.45, 2.75) is 57.8 Å². The van der Waals surface area contributed by atoms with Gasteiger partial charge in [-0.3, -0.25) is 14.3 Å². The number of amides is 2. The molecule has 1 saturated carbocycles. The molecule has 38 heavy (non-hydrogen) atoms. The molecule has 0 unspecified atom stereocenters. The molecule has 10 heteroatoms. The highest BCUT2D eigenvalue weighted by Crippen LogP contribution is 2.38. The first-order valence-electron chi connectivity index (χ1n) is 13.0. The number of carbonyl (C=O) groups is 2. The Bertz CT molecular complexity index is 1550. The van der Waals surface area contributed by atoms with Crippen LogP contribution in [0.4, 0.5) is 16.2 Å². The van der Waals surface area contributed by atoms with Gasteiger partial charge in [-0.15, -0.1) is 11.3 Å².